The van der Waals surface area contributed by atoms with Crippen LogP contribution < -0.4 is 0 Å². The molecule has 7 nitrogen and oxygen atoms in total. The zero-order valence-electron chi connectivity index (χ0n) is 20.6. The van der Waals surface area contributed by atoms with Crippen molar-refractivity contribution < 1.29 is 22.7 Å². The number of rotatable bonds is 6. The van der Waals surface area contributed by atoms with Crippen molar-refractivity contribution in [3.63, 3.8) is 0 Å². The number of ether oxygens (including phenoxy) is 1. The number of sulfone groups is 1. The lowest BCUT2D eigenvalue weighted by atomic mass is 9.94. The number of fused-ring (bicyclic) bond motifs is 1. The molecule has 3 heterocycles. The summed E-state index contributed by atoms with van der Waals surface area (Å²) in [6.07, 6.45) is 2.61. The van der Waals surface area contributed by atoms with Gasteiger partial charge in [0.15, 0.2) is 27.4 Å². The summed E-state index contributed by atoms with van der Waals surface area (Å²) < 4.78 is 32.0. The molecule has 37 heavy (non-hydrogen) atoms. The SMILES string of the molecule is CSC(=C1C(=O)N2[C@@H](C(=O)OC(c3ccccc3)c3ccccc3)C(C)(C)S(=O)(=O)[C@H]12)c1ccccn1. The number of esters is 1. The molecule has 0 radical (unpaired) electrons. The Bertz CT molecular complexity index is 1430. The molecule has 0 unspecified atom stereocenters. The van der Waals surface area contributed by atoms with Crippen LogP contribution in [0.4, 0.5) is 0 Å². The summed E-state index contributed by atoms with van der Waals surface area (Å²) in [5.74, 6) is -1.25. The van der Waals surface area contributed by atoms with Crippen molar-refractivity contribution in [1.82, 2.24) is 9.88 Å². The first-order chi connectivity index (χ1) is 17.7. The van der Waals surface area contributed by atoms with Gasteiger partial charge in [0.25, 0.3) is 5.91 Å². The van der Waals surface area contributed by atoms with Gasteiger partial charge in [0.2, 0.25) is 0 Å². The molecule has 0 aliphatic carbocycles. The summed E-state index contributed by atoms with van der Waals surface area (Å²) in [5, 5.41) is -1.23. The molecule has 2 atom stereocenters. The van der Waals surface area contributed by atoms with E-state index in [0.717, 1.165) is 11.1 Å². The number of hydrogen-bond acceptors (Lipinski definition) is 7. The molecule has 2 aliphatic heterocycles. The first-order valence-corrected chi connectivity index (χ1v) is 14.5. The van der Waals surface area contributed by atoms with Crippen molar-refractivity contribution in [3.05, 3.63) is 107 Å². The minimum absolute atomic E-state index is 0.150. The van der Waals surface area contributed by atoms with E-state index in [2.05, 4.69) is 4.98 Å². The second kappa shape index (κ2) is 9.46. The zero-order chi connectivity index (χ0) is 26.4. The van der Waals surface area contributed by atoms with E-state index < -0.39 is 44.0 Å². The number of carbonyl (C=O) groups is 2. The van der Waals surface area contributed by atoms with Crippen LogP contribution >= 0.6 is 11.8 Å². The van der Waals surface area contributed by atoms with Crippen LogP contribution in [0, 0.1) is 0 Å². The molecule has 2 aromatic carbocycles. The number of amides is 1. The number of pyridine rings is 1. The summed E-state index contributed by atoms with van der Waals surface area (Å²) >= 11 is 1.26. The Hall–Kier alpha value is -3.43. The Morgan fingerprint density at radius 1 is 0.973 bits per heavy atom. The highest BCUT2D eigenvalue weighted by molar-refractivity contribution is 8.07. The molecular formula is C28H26N2O5S2. The van der Waals surface area contributed by atoms with Crippen molar-refractivity contribution in [1.29, 1.82) is 0 Å². The summed E-state index contributed by atoms with van der Waals surface area (Å²) in [4.78, 5) is 33.2. The van der Waals surface area contributed by atoms with Crippen LogP contribution in [-0.4, -0.2) is 52.6 Å². The highest BCUT2D eigenvalue weighted by Gasteiger charge is 2.71. The van der Waals surface area contributed by atoms with E-state index in [1.807, 2.05) is 60.7 Å². The fourth-order valence-electron chi connectivity index (χ4n) is 4.98. The number of thioether (sulfide) groups is 1. The van der Waals surface area contributed by atoms with Gasteiger partial charge in [-0.15, -0.1) is 11.8 Å². The number of nitrogens with zero attached hydrogens (tertiary/aromatic N) is 2. The minimum atomic E-state index is -3.96. The van der Waals surface area contributed by atoms with E-state index in [1.54, 1.807) is 30.7 Å². The number of β-lactam (4-membered cyclic amide) rings is 1. The average molecular weight is 535 g/mol. The van der Waals surface area contributed by atoms with E-state index in [9.17, 15) is 18.0 Å². The Kier molecular flexibility index (Phi) is 6.45. The monoisotopic (exact) mass is 534 g/mol. The molecule has 9 heteroatoms. The van der Waals surface area contributed by atoms with E-state index in [0.29, 0.717) is 10.6 Å². The topological polar surface area (TPSA) is 93.6 Å². The number of benzene rings is 2. The summed E-state index contributed by atoms with van der Waals surface area (Å²) in [7, 11) is -3.96. The van der Waals surface area contributed by atoms with Crippen LogP contribution in [0.25, 0.3) is 4.91 Å². The first-order valence-electron chi connectivity index (χ1n) is 11.8. The number of aromatic nitrogens is 1. The third-order valence-electron chi connectivity index (χ3n) is 6.94. The molecule has 0 N–H and O–H groups in total. The van der Waals surface area contributed by atoms with Crippen LogP contribution in [-0.2, 0) is 24.2 Å². The van der Waals surface area contributed by atoms with Crippen LogP contribution in [0.3, 0.4) is 0 Å². The van der Waals surface area contributed by atoms with Crippen LogP contribution in [0.1, 0.15) is 36.8 Å². The predicted octanol–water partition coefficient (Wildman–Crippen LogP) is 4.23. The van der Waals surface area contributed by atoms with E-state index in [1.165, 1.54) is 30.5 Å². The molecule has 1 aromatic heterocycles. The van der Waals surface area contributed by atoms with Crippen molar-refractivity contribution in [2.75, 3.05) is 6.26 Å². The van der Waals surface area contributed by atoms with Crippen LogP contribution in [0.2, 0.25) is 0 Å². The smallest absolute Gasteiger partial charge is 0.331 e. The highest BCUT2D eigenvalue weighted by atomic mass is 32.2. The van der Waals surface area contributed by atoms with E-state index in [-0.39, 0.29) is 5.57 Å². The van der Waals surface area contributed by atoms with Gasteiger partial charge in [-0.3, -0.25) is 9.78 Å². The lowest BCUT2D eigenvalue weighted by Gasteiger charge is -2.40. The lowest BCUT2D eigenvalue weighted by Crippen LogP contribution is -2.59. The molecule has 1 amide bonds. The average Bonchev–Trinajstić information content (AvgIpc) is 3.06. The lowest BCUT2D eigenvalue weighted by molar-refractivity contribution is -0.160. The second-order valence-corrected chi connectivity index (χ2v) is 12.8. The third-order valence-corrected chi connectivity index (χ3v) is 10.5. The maximum Gasteiger partial charge on any atom is 0.331 e. The van der Waals surface area contributed by atoms with Crippen LogP contribution in [0.5, 0.6) is 0 Å². The molecule has 2 aliphatic rings. The van der Waals surface area contributed by atoms with Gasteiger partial charge in [-0.05, 0) is 43.4 Å². The minimum Gasteiger partial charge on any atom is -0.451 e. The van der Waals surface area contributed by atoms with Crippen molar-refractivity contribution >= 4 is 38.4 Å². The molecule has 0 saturated carbocycles. The first kappa shape index (κ1) is 25.2. The molecule has 190 valence electrons. The maximum absolute atomic E-state index is 13.8. The standard InChI is InChI=1S/C28H26N2O5S2/c1-28(2)24(27(32)35-22(18-12-6-4-7-13-18)19-14-8-5-9-15-19)30-25(31)21(26(30)37(28,33)34)23(36-3)20-16-10-11-17-29-20/h4-17,22,24,26H,1-3H3/t24-,26+/m0/s1. The molecule has 0 spiro atoms. The van der Waals surface area contributed by atoms with Gasteiger partial charge >= 0.3 is 5.97 Å². The second-order valence-electron chi connectivity index (χ2n) is 9.42. The summed E-state index contributed by atoms with van der Waals surface area (Å²) in [6.45, 7) is 2.97. The van der Waals surface area contributed by atoms with E-state index >= 15 is 0 Å². The molecule has 0 bridgehead atoms. The third kappa shape index (κ3) is 3.97. The van der Waals surface area contributed by atoms with Gasteiger partial charge in [-0.2, -0.15) is 0 Å². The van der Waals surface area contributed by atoms with Crippen molar-refractivity contribution in [2.24, 2.45) is 0 Å². The Labute approximate surface area is 220 Å². The summed E-state index contributed by atoms with van der Waals surface area (Å²) in [5.41, 5.74) is 2.16. The zero-order valence-corrected chi connectivity index (χ0v) is 22.2. The summed E-state index contributed by atoms with van der Waals surface area (Å²) in [6, 6.07) is 22.5. The van der Waals surface area contributed by atoms with Gasteiger partial charge in [0.1, 0.15) is 4.75 Å². The molecular weight excluding hydrogens is 508 g/mol. The number of hydrogen-bond donors (Lipinski definition) is 0. The normalized spacial score (nSPS) is 22.8. The number of carbonyl (C=O) groups excluding carboxylic acids is 2. The maximum atomic E-state index is 13.8. The van der Waals surface area contributed by atoms with Crippen molar-refractivity contribution in [2.45, 2.75) is 36.1 Å². The van der Waals surface area contributed by atoms with Crippen molar-refractivity contribution in [3.8, 4) is 0 Å². The Morgan fingerprint density at radius 2 is 1.54 bits per heavy atom. The quantitative estimate of drug-likeness (QED) is 0.265. The van der Waals surface area contributed by atoms with Crippen LogP contribution in [0.15, 0.2) is 90.6 Å². The fraction of sp³-hybridized carbons (Fsp3) is 0.250. The highest BCUT2D eigenvalue weighted by Crippen LogP contribution is 2.52. The molecule has 3 aromatic rings. The molecule has 5 rings (SSSR count). The molecule has 2 saturated heterocycles. The van der Waals surface area contributed by atoms with E-state index in [4.69, 9.17) is 4.74 Å². The predicted molar refractivity (Wildman–Crippen MR) is 143 cm³/mol. The Morgan fingerprint density at radius 3 is 2.05 bits per heavy atom. The largest absolute Gasteiger partial charge is 0.451 e. The Balaban J connectivity index is 1.54. The van der Waals surface area contributed by atoms with Gasteiger partial charge in [0.05, 0.1) is 11.3 Å². The van der Waals surface area contributed by atoms with Gasteiger partial charge < -0.3 is 9.64 Å². The van der Waals surface area contributed by atoms with Gasteiger partial charge in [-0.1, -0.05) is 66.7 Å². The fourth-order valence-corrected chi connectivity index (χ4v) is 7.95. The van der Waals surface area contributed by atoms with Gasteiger partial charge in [0, 0.05) is 11.1 Å². The molecule has 2 fully saturated rings. The van der Waals surface area contributed by atoms with Gasteiger partial charge in [-0.25, -0.2) is 13.2 Å².